The highest BCUT2D eigenvalue weighted by molar-refractivity contribution is 5.75. The number of esters is 1. The van der Waals surface area contributed by atoms with Crippen LogP contribution in [-0.4, -0.2) is 35.0 Å². The molecule has 4 heteroatoms. The van der Waals surface area contributed by atoms with Gasteiger partial charge in [-0.3, -0.25) is 14.7 Å². The number of carbonyl (C=O) groups is 1. The van der Waals surface area contributed by atoms with Crippen molar-refractivity contribution in [1.29, 1.82) is 0 Å². The normalized spacial score (nSPS) is 16.9. The Hall–Kier alpha value is -1.42. The summed E-state index contributed by atoms with van der Waals surface area (Å²) < 4.78 is 4.81. The average Bonchev–Trinajstić information content (AvgIpc) is 3.19. The standard InChI is InChI=1S/C13H18N2O2/c1-10(13(16)17-2)15(12-5-6-12)9-11-4-3-7-14-8-11/h3-4,7-8,10,12H,5-6,9H2,1-2H3/t10-/m1/s1. The van der Waals surface area contributed by atoms with Gasteiger partial charge in [-0.1, -0.05) is 6.07 Å². The molecule has 0 aromatic carbocycles. The first-order chi connectivity index (χ1) is 8.22. The van der Waals surface area contributed by atoms with E-state index in [0.29, 0.717) is 6.04 Å². The van der Waals surface area contributed by atoms with Crippen molar-refractivity contribution in [1.82, 2.24) is 9.88 Å². The van der Waals surface area contributed by atoms with Gasteiger partial charge >= 0.3 is 5.97 Å². The number of rotatable bonds is 5. The molecule has 0 aliphatic heterocycles. The molecule has 0 saturated heterocycles. The molecule has 1 fully saturated rings. The molecule has 1 aliphatic rings. The number of ether oxygens (including phenoxy) is 1. The van der Waals surface area contributed by atoms with Crippen LogP contribution < -0.4 is 0 Å². The number of hydrogen-bond acceptors (Lipinski definition) is 4. The summed E-state index contributed by atoms with van der Waals surface area (Å²) in [5.74, 6) is -0.166. The molecule has 1 heterocycles. The molecule has 0 amide bonds. The number of hydrogen-bond donors (Lipinski definition) is 0. The molecule has 1 aromatic rings. The van der Waals surface area contributed by atoms with Gasteiger partial charge in [0.1, 0.15) is 6.04 Å². The fourth-order valence-electron chi connectivity index (χ4n) is 2.00. The van der Waals surface area contributed by atoms with Crippen LogP contribution in [0.1, 0.15) is 25.3 Å². The fraction of sp³-hybridized carbons (Fsp3) is 0.538. The van der Waals surface area contributed by atoms with Gasteiger partial charge in [0.25, 0.3) is 0 Å². The summed E-state index contributed by atoms with van der Waals surface area (Å²) in [6, 6.07) is 4.28. The third kappa shape index (κ3) is 3.03. The van der Waals surface area contributed by atoms with Gasteiger partial charge in [-0.05, 0) is 31.4 Å². The number of methoxy groups -OCH3 is 1. The van der Waals surface area contributed by atoms with E-state index in [9.17, 15) is 4.79 Å². The van der Waals surface area contributed by atoms with Crippen molar-refractivity contribution in [3.05, 3.63) is 30.1 Å². The van der Waals surface area contributed by atoms with Crippen molar-refractivity contribution in [2.75, 3.05) is 7.11 Å². The lowest BCUT2D eigenvalue weighted by atomic mass is 10.2. The van der Waals surface area contributed by atoms with Crippen LogP contribution in [-0.2, 0) is 16.1 Å². The lowest BCUT2D eigenvalue weighted by Crippen LogP contribution is -2.40. The molecule has 1 aliphatic carbocycles. The molecule has 0 N–H and O–H groups in total. The Labute approximate surface area is 102 Å². The molecular formula is C13H18N2O2. The van der Waals surface area contributed by atoms with E-state index in [1.807, 2.05) is 25.3 Å². The largest absolute Gasteiger partial charge is 0.468 e. The maximum absolute atomic E-state index is 11.6. The van der Waals surface area contributed by atoms with Crippen LogP contribution in [0.5, 0.6) is 0 Å². The molecule has 1 aromatic heterocycles. The Kier molecular flexibility index (Phi) is 3.74. The Morgan fingerprint density at radius 1 is 1.65 bits per heavy atom. The Morgan fingerprint density at radius 2 is 2.41 bits per heavy atom. The van der Waals surface area contributed by atoms with Gasteiger partial charge < -0.3 is 4.74 Å². The summed E-state index contributed by atoms with van der Waals surface area (Å²) in [4.78, 5) is 17.9. The zero-order chi connectivity index (χ0) is 12.3. The topological polar surface area (TPSA) is 42.4 Å². The Morgan fingerprint density at radius 3 is 2.94 bits per heavy atom. The quantitative estimate of drug-likeness (QED) is 0.726. The highest BCUT2D eigenvalue weighted by Gasteiger charge is 2.35. The fourth-order valence-corrected chi connectivity index (χ4v) is 2.00. The first kappa shape index (κ1) is 12.0. The third-order valence-electron chi connectivity index (χ3n) is 3.14. The summed E-state index contributed by atoms with van der Waals surface area (Å²) in [6.45, 7) is 2.66. The van der Waals surface area contributed by atoms with E-state index in [1.54, 1.807) is 6.20 Å². The molecule has 4 nitrogen and oxygen atoms in total. The Bertz CT molecular complexity index is 376. The maximum Gasteiger partial charge on any atom is 0.322 e. The Balaban J connectivity index is 2.05. The van der Waals surface area contributed by atoms with Crippen molar-refractivity contribution in [2.45, 2.75) is 38.4 Å². The minimum absolute atomic E-state index is 0.166. The first-order valence-corrected chi connectivity index (χ1v) is 5.95. The zero-order valence-corrected chi connectivity index (χ0v) is 10.3. The van der Waals surface area contributed by atoms with E-state index in [2.05, 4.69) is 9.88 Å². The molecule has 0 bridgehead atoms. The smallest absolute Gasteiger partial charge is 0.322 e. The van der Waals surface area contributed by atoms with Crippen LogP contribution in [0.3, 0.4) is 0 Å². The minimum Gasteiger partial charge on any atom is -0.468 e. The van der Waals surface area contributed by atoms with E-state index in [4.69, 9.17) is 4.74 Å². The van der Waals surface area contributed by atoms with Gasteiger partial charge in [0, 0.05) is 25.0 Å². The van der Waals surface area contributed by atoms with Crippen LogP contribution >= 0.6 is 0 Å². The first-order valence-electron chi connectivity index (χ1n) is 5.95. The molecular weight excluding hydrogens is 216 g/mol. The molecule has 0 spiro atoms. The van der Waals surface area contributed by atoms with E-state index in [0.717, 1.165) is 12.1 Å². The summed E-state index contributed by atoms with van der Waals surface area (Å²) in [5, 5.41) is 0. The maximum atomic E-state index is 11.6. The summed E-state index contributed by atoms with van der Waals surface area (Å²) in [7, 11) is 1.44. The molecule has 0 radical (unpaired) electrons. The number of pyridine rings is 1. The second kappa shape index (κ2) is 5.27. The molecule has 0 unspecified atom stereocenters. The highest BCUT2D eigenvalue weighted by atomic mass is 16.5. The van der Waals surface area contributed by atoms with Gasteiger partial charge in [-0.25, -0.2) is 0 Å². The lowest BCUT2D eigenvalue weighted by molar-refractivity contribution is -0.146. The van der Waals surface area contributed by atoms with Crippen LogP contribution in [0, 0.1) is 0 Å². The predicted molar refractivity (Wildman–Crippen MR) is 64.3 cm³/mol. The van der Waals surface area contributed by atoms with E-state index >= 15 is 0 Å². The third-order valence-corrected chi connectivity index (χ3v) is 3.14. The second-order valence-corrected chi connectivity index (χ2v) is 4.46. The van der Waals surface area contributed by atoms with Crippen LogP contribution in [0.15, 0.2) is 24.5 Å². The van der Waals surface area contributed by atoms with Crippen molar-refractivity contribution in [2.24, 2.45) is 0 Å². The van der Waals surface area contributed by atoms with Crippen molar-refractivity contribution in [3.8, 4) is 0 Å². The van der Waals surface area contributed by atoms with Crippen molar-refractivity contribution in [3.63, 3.8) is 0 Å². The summed E-state index contributed by atoms with van der Waals surface area (Å²) >= 11 is 0. The van der Waals surface area contributed by atoms with E-state index in [-0.39, 0.29) is 12.0 Å². The predicted octanol–water partition coefficient (Wildman–Crippen LogP) is 1.61. The molecule has 1 saturated carbocycles. The van der Waals surface area contributed by atoms with Gasteiger partial charge in [-0.15, -0.1) is 0 Å². The summed E-state index contributed by atoms with van der Waals surface area (Å²) in [5.41, 5.74) is 1.13. The lowest BCUT2D eigenvalue weighted by Gasteiger charge is -2.27. The van der Waals surface area contributed by atoms with Gasteiger partial charge in [0.15, 0.2) is 0 Å². The highest BCUT2D eigenvalue weighted by Crippen LogP contribution is 2.30. The molecule has 1 atom stereocenters. The monoisotopic (exact) mass is 234 g/mol. The number of carbonyl (C=O) groups excluding carboxylic acids is 1. The number of nitrogens with zero attached hydrogens (tertiary/aromatic N) is 2. The molecule has 92 valence electrons. The van der Waals surface area contributed by atoms with Crippen LogP contribution in [0.25, 0.3) is 0 Å². The van der Waals surface area contributed by atoms with Crippen LogP contribution in [0.2, 0.25) is 0 Å². The number of aromatic nitrogens is 1. The van der Waals surface area contributed by atoms with Gasteiger partial charge in [0.2, 0.25) is 0 Å². The van der Waals surface area contributed by atoms with Gasteiger partial charge in [-0.2, -0.15) is 0 Å². The van der Waals surface area contributed by atoms with E-state index in [1.165, 1.54) is 20.0 Å². The molecule has 2 rings (SSSR count). The van der Waals surface area contributed by atoms with Crippen molar-refractivity contribution >= 4 is 5.97 Å². The second-order valence-electron chi connectivity index (χ2n) is 4.46. The molecule has 17 heavy (non-hydrogen) atoms. The summed E-state index contributed by atoms with van der Waals surface area (Å²) in [6.07, 6.45) is 5.94. The SMILES string of the molecule is COC(=O)[C@@H](C)N(Cc1cccnc1)C1CC1. The van der Waals surface area contributed by atoms with Gasteiger partial charge in [0.05, 0.1) is 7.11 Å². The van der Waals surface area contributed by atoms with Crippen molar-refractivity contribution < 1.29 is 9.53 Å². The van der Waals surface area contributed by atoms with E-state index < -0.39 is 0 Å². The zero-order valence-electron chi connectivity index (χ0n) is 10.3. The average molecular weight is 234 g/mol. The van der Waals surface area contributed by atoms with Crippen LogP contribution in [0.4, 0.5) is 0 Å². The minimum atomic E-state index is -0.187.